The number of nitriles is 1. The van der Waals surface area contributed by atoms with Crippen LogP contribution in [-0.4, -0.2) is 23.7 Å². The molecule has 0 aromatic carbocycles. The van der Waals surface area contributed by atoms with Gasteiger partial charge in [0.15, 0.2) is 0 Å². The van der Waals surface area contributed by atoms with Crippen LogP contribution in [0.25, 0.3) is 0 Å². The van der Waals surface area contributed by atoms with E-state index >= 15 is 0 Å². The van der Waals surface area contributed by atoms with Gasteiger partial charge in [-0.25, -0.2) is 0 Å². The van der Waals surface area contributed by atoms with Crippen LogP contribution in [0.5, 0.6) is 0 Å². The zero-order valence-corrected chi connectivity index (χ0v) is 8.36. The Labute approximate surface area is 83.9 Å². The first-order valence-corrected chi connectivity index (χ1v) is 5.00. The molecule has 0 aromatic rings. The van der Waals surface area contributed by atoms with Crippen molar-refractivity contribution in [3.05, 3.63) is 0 Å². The lowest BCUT2D eigenvalue weighted by atomic mass is 10.1. The Morgan fingerprint density at radius 3 is 2.93 bits per heavy atom. The maximum atomic E-state index is 11.2. The molecule has 2 N–H and O–H groups in total. The van der Waals surface area contributed by atoms with E-state index in [0.717, 1.165) is 19.3 Å². The molecule has 3 unspecified atom stereocenters. The molecule has 1 aliphatic carbocycles. The van der Waals surface area contributed by atoms with Gasteiger partial charge in [0.25, 0.3) is 0 Å². The number of nitrogens with one attached hydrogen (secondary N) is 1. The minimum atomic E-state index is -0.603. The summed E-state index contributed by atoms with van der Waals surface area (Å²) in [5.74, 6) is -0.676. The highest BCUT2D eigenvalue weighted by Gasteiger charge is 2.25. The van der Waals surface area contributed by atoms with Gasteiger partial charge in [-0.3, -0.25) is 4.79 Å². The molecule has 1 amide bonds. The number of amides is 1. The Bertz CT molecular complexity index is 247. The number of nitrogens with zero attached hydrogens (tertiary/aromatic N) is 1. The number of rotatable bonds is 3. The topological polar surface area (TPSA) is 73.1 Å². The maximum absolute atomic E-state index is 11.2. The van der Waals surface area contributed by atoms with E-state index in [-0.39, 0.29) is 17.9 Å². The molecule has 3 atom stereocenters. The molecule has 0 saturated heterocycles. The molecule has 1 aliphatic rings. The van der Waals surface area contributed by atoms with Crippen molar-refractivity contribution in [3.8, 4) is 6.07 Å². The van der Waals surface area contributed by atoms with Crippen molar-refractivity contribution in [2.24, 2.45) is 11.8 Å². The molecule has 0 aliphatic heterocycles. The number of carbonyl (C=O) groups is 1. The van der Waals surface area contributed by atoms with Crippen LogP contribution in [0.15, 0.2) is 0 Å². The van der Waals surface area contributed by atoms with Crippen molar-refractivity contribution in [1.82, 2.24) is 5.32 Å². The zero-order valence-electron chi connectivity index (χ0n) is 8.36. The highest BCUT2D eigenvalue weighted by atomic mass is 16.3. The first kappa shape index (κ1) is 11.0. The number of hydrogen-bond donors (Lipinski definition) is 2. The molecule has 78 valence electrons. The maximum Gasteiger partial charge on any atom is 0.237 e. The zero-order chi connectivity index (χ0) is 10.6. The number of hydrogen-bond acceptors (Lipinski definition) is 3. The molecule has 0 radical (unpaired) electrons. The van der Waals surface area contributed by atoms with E-state index in [2.05, 4.69) is 5.32 Å². The summed E-state index contributed by atoms with van der Waals surface area (Å²) >= 11 is 0. The second kappa shape index (κ2) is 4.97. The van der Waals surface area contributed by atoms with E-state index in [9.17, 15) is 9.90 Å². The third-order valence-corrected chi connectivity index (χ3v) is 2.74. The van der Waals surface area contributed by atoms with Gasteiger partial charge in [-0.2, -0.15) is 5.26 Å². The Morgan fingerprint density at radius 1 is 1.71 bits per heavy atom. The van der Waals surface area contributed by atoms with Crippen molar-refractivity contribution >= 4 is 5.91 Å². The molecule has 0 heterocycles. The molecule has 1 rings (SSSR count). The smallest absolute Gasteiger partial charge is 0.237 e. The first-order chi connectivity index (χ1) is 6.65. The second-order valence-electron chi connectivity index (χ2n) is 3.85. The summed E-state index contributed by atoms with van der Waals surface area (Å²) in [7, 11) is 0. The van der Waals surface area contributed by atoms with Gasteiger partial charge in [0.1, 0.15) is 5.92 Å². The van der Waals surface area contributed by atoms with Gasteiger partial charge >= 0.3 is 0 Å². The van der Waals surface area contributed by atoms with Crippen LogP contribution >= 0.6 is 0 Å². The molecular formula is C10H16N2O2. The Hall–Kier alpha value is -1.08. The van der Waals surface area contributed by atoms with E-state index in [1.807, 2.05) is 6.07 Å². The van der Waals surface area contributed by atoms with Gasteiger partial charge in [-0.05, 0) is 19.8 Å². The largest absolute Gasteiger partial charge is 0.393 e. The monoisotopic (exact) mass is 196 g/mol. The first-order valence-electron chi connectivity index (χ1n) is 5.00. The average Bonchev–Trinajstić information content (AvgIpc) is 2.59. The molecule has 0 bridgehead atoms. The van der Waals surface area contributed by atoms with Crippen LogP contribution in [0.4, 0.5) is 0 Å². The summed E-state index contributed by atoms with van der Waals surface area (Å²) < 4.78 is 0. The third-order valence-electron chi connectivity index (χ3n) is 2.74. The van der Waals surface area contributed by atoms with Crippen molar-refractivity contribution in [2.75, 3.05) is 6.54 Å². The van der Waals surface area contributed by atoms with Crippen LogP contribution in [0.2, 0.25) is 0 Å². The van der Waals surface area contributed by atoms with Crippen LogP contribution < -0.4 is 5.32 Å². The summed E-state index contributed by atoms with van der Waals surface area (Å²) in [4.78, 5) is 11.2. The average molecular weight is 196 g/mol. The molecular weight excluding hydrogens is 180 g/mol. The summed E-state index contributed by atoms with van der Waals surface area (Å²) in [5.41, 5.74) is 0. The van der Waals surface area contributed by atoms with Gasteiger partial charge in [0.2, 0.25) is 5.91 Å². The molecule has 14 heavy (non-hydrogen) atoms. The fraction of sp³-hybridized carbons (Fsp3) is 0.800. The van der Waals surface area contributed by atoms with Gasteiger partial charge in [-0.1, -0.05) is 6.42 Å². The summed E-state index contributed by atoms with van der Waals surface area (Å²) in [6.45, 7) is 2.06. The van der Waals surface area contributed by atoms with Crippen molar-refractivity contribution in [2.45, 2.75) is 32.3 Å². The van der Waals surface area contributed by atoms with Gasteiger partial charge in [-0.15, -0.1) is 0 Å². The Balaban J connectivity index is 2.27. The van der Waals surface area contributed by atoms with Crippen molar-refractivity contribution in [1.29, 1.82) is 5.26 Å². The molecule has 1 saturated carbocycles. The Kier molecular flexibility index (Phi) is 3.90. The summed E-state index contributed by atoms with van der Waals surface area (Å²) in [5, 5.41) is 20.7. The van der Waals surface area contributed by atoms with Crippen LogP contribution in [0.1, 0.15) is 26.2 Å². The van der Waals surface area contributed by atoms with Crippen molar-refractivity contribution < 1.29 is 9.90 Å². The van der Waals surface area contributed by atoms with E-state index in [1.165, 1.54) is 0 Å². The van der Waals surface area contributed by atoms with Crippen molar-refractivity contribution in [3.63, 3.8) is 0 Å². The highest BCUT2D eigenvalue weighted by Crippen LogP contribution is 2.24. The van der Waals surface area contributed by atoms with E-state index in [0.29, 0.717) is 6.54 Å². The lowest BCUT2D eigenvalue weighted by molar-refractivity contribution is -0.123. The minimum absolute atomic E-state index is 0.171. The minimum Gasteiger partial charge on any atom is -0.393 e. The summed E-state index contributed by atoms with van der Waals surface area (Å²) in [6, 6.07) is 1.88. The highest BCUT2D eigenvalue weighted by molar-refractivity contribution is 5.80. The van der Waals surface area contributed by atoms with E-state index < -0.39 is 5.92 Å². The summed E-state index contributed by atoms with van der Waals surface area (Å²) in [6.07, 6.45) is 2.53. The third kappa shape index (κ3) is 2.71. The molecule has 0 spiro atoms. The van der Waals surface area contributed by atoms with Crippen LogP contribution in [0.3, 0.4) is 0 Å². The number of aliphatic hydroxyl groups excluding tert-OH is 1. The lowest BCUT2D eigenvalue weighted by Crippen LogP contribution is -2.35. The van der Waals surface area contributed by atoms with E-state index in [4.69, 9.17) is 5.26 Å². The molecule has 4 heteroatoms. The predicted octanol–water partition coefficient (Wildman–Crippen LogP) is 0.423. The quantitative estimate of drug-likeness (QED) is 0.687. The fourth-order valence-electron chi connectivity index (χ4n) is 1.70. The number of aliphatic hydroxyl groups is 1. The molecule has 1 fully saturated rings. The van der Waals surface area contributed by atoms with Gasteiger partial charge in [0, 0.05) is 12.5 Å². The Morgan fingerprint density at radius 2 is 2.43 bits per heavy atom. The van der Waals surface area contributed by atoms with Crippen LogP contribution in [0, 0.1) is 23.2 Å². The normalized spacial score (nSPS) is 28.1. The SMILES string of the molecule is CC(C#N)C(=O)NCC1CCCC1O. The standard InChI is InChI=1S/C10H16N2O2/c1-7(5-11)10(14)12-6-8-3-2-4-9(8)13/h7-9,13H,2-4,6H2,1H3,(H,12,14). The van der Waals surface area contributed by atoms with Crippen LogP contribution in [-0.2, 0) is 4.79 Å². The molecule has 4 nitrogen and oxygen atoms in total. The number of carbonyl (C=O) groups excluding carboxylic acids is 1. The second-order valence-corrected chi connectivity index (χ2v) is 3.85. The van der Waals surface area contributed by atoms with Gasteiger partial charge < -0.3 is 10.4 Å². The van der Waals surface area contributed by atoms with E-state index in [1.54, 1.807) is 6.92 Å². The van der Waals surface area contributed by atoms with Gasteiger partial charge in [0.05, 0.1) is 12.2 Å². The lowest BCUT2D eigenvalue weighted by Gasteiger charge is -2.15. The predicted molar refractivity (Wildman–Crippen MR) is 51.1 cm³/mol. The fourth-order valence-corrected chi connectivity index (χ4v) is 1.70. The molecule has 0 aromatic heterocycles.